The van der Waals surface area contributed by atoms with Crippen molar-refractivity contribution in [1.29, 1.82) is 0 Å². The molecule has 1 aliphatic rings. The summed E-state index contributed by atoms with van der Waals surface area (Å²) in [7, 11) is 1.65. The molecule has 1 fully saturated rings. The van der Waals surface area contributed by atoms with Crippen LogP contribution >= 0.6 is 11.8 Å². The minimum atomic E-state index is -0.0520. The largest absolute Gasteiger partial charge is 0.497 e. The molecule has 0 aromatic heterocycles. The number of carbonyl (C=O) groups is 1. The van der Waals surface area contributed by atoms with Crippen LogP contribution in [0.15, 0.2) is 53.4 Å². The number of nitrogens with two attached hydrogens (primary N) is 1. The molecular weight excluding hydrogens is 320 g/mol. The Morgan fingerprint density at radius 2 is 1.88 bits per heavy atom. The number of thioether (sulfide) groups is 1. The van der Waals surface area contributed by atoms with Crippen molar-refractivity contribution in [2.45, 2.75) is 16.9 Å². The predicted octanol–water partition coefficient (Wildman–Crippen LogP) is 2.98. The van der Waals surface area contributed by atoms with Crippen LogP contribution in [0.2, 0.25) is 0 Å². The molecule has 126 valence electrons. The Morgan fingerprint density at radius 3 is 2.54 bits per heavy atom. The summed E-state index contributed by atoms with van der Waals surface area (Å²) in [6, 6.07) is 15.6. The number of ether oxygens (including phenoxy) is 1. The van der Waals surface area contributed by atoms with Gasteiger partial charge in [-0.05, 0) is 36.1 Å². The number of amides is 1. The zero-order valence-electron chi connectivity index (χ0n) is 13.9. The van der Waals surface area contributed by atoms with Gasteiger partial charge in [0.15, 0.2) is 0 Å². The van der Waals surface area contributed by atoms with Gasteiger partial charge in [0, 0.05) is 29.9 Å². The van der Waals surface area contributed by atoms with Crippen LogP contribution < -0.4 is 10.5 Å². The van der Waals surface area contributed by atoms with Gasteiger partial charge in [0.2, 0.25) is 0 Å². The third-order valence-electron chi connectivity index (χ3n) is 4.53. The maximum atomic E-state index is 12.9. The maximum Gasteiger partial charge on any atom is 0.255 e. The van der Waals surface area contributed by atoms with Crippen molar-refractivity contribution in [2.24, 2.45) is 5.73 Å². The summed E-state index contributed by atoms with van der Waals surface area (Å²) < 4.78 is 5.20. The van der Waals surface area contributed by atoms with Crippen LogP contribution in [0.1, 0.15) is 21.8 Å². The zero-order valence-corrected chi connectivity index (χ0v) is 14.8. The minimum Gasteiger partial charge on any atom is -0.497 e. The van der Waals surface area contributed by atoms with E-state index in [4.69, 9.17) is 10.5 Å². The van der Waals surface area contributed by atoms with E-state index in [0.29, 0.717) is 13.1 Å². The lowest BCUT2D eigenvalue weighted by atomic mass is 9.95. The van der Waals surface area contributed by atoms with Crippen molar-refractivity contribution < 1.29 is 9.53 Å². The molecule has 24 heavy (non-hydrogen) atoms. The van der Waals surface area contributed by atoms with Crippen molar-refractivity contribution in [2.75, 3.05) is 26.5 Å². The molecule has 2 unspecified atom stereocenters. The predicted molar refractivity (Wildman–Crippen MR) is 97.8 cm³/mol. The van der Waals surface area contributed by atoms with E-state index in [1.807, 2.05) is 59.7 Å². The Morgan fingerprint density at radius 1 is 1.17 bits per heavy atom. The van der Waals surface area contributed by atoms with E-state index in [1.165, 1.54) is 0 Å². The fourth-order valence-electron chi connectivity index (χ4n) is 3.19. The lowest BCUT2D eigenvalue weighted by molar-refractivity contribution is 0.0785. The Balaban J connectivity index is 1.78. The highest BCUT2D eigenvalue weighted by molar-refractivity contribution is 7.98. The first kappa shape index (κ1) is 16.9. The van der Waals surface area contributed by atoms with E-state index in [-0.39, 0.29) is 17.9 Å². The monoisotopic (exact) mass is 342 g/mol. The maximum absolute atomic E-state index is 12.9. The van der Waals surface area contributed by atoms with Gasteiger partial charge in [-0.15, -0.1) is 11.8 Å². The molecule has 0 spiro atoms. The summed E-state index contributed by atoms with van der Waals surface area (Å²) in [4.78, 5) is 15.8. The topological polar surface area (TPSA) is 55.6 Å². The molecule has 0 bridgehead atoms. The molecule has 2 N–H and O–H groups in total. The Kier molecular flexibility index (Phi) is 5.11. The minimum absolute atomic E-state index is 0.0520. The summed E-state index contributed by atoms with van der Waals surface area (Å²) in [5.41, 5.74) is 8.23. The van der Waals surface area contributed by atoms with E-state index in [1.54, 1.807) is 18.9 Å². The van der Waals surface area contributed by atoms with Gasteiger partial charge in [-0.3, -0.25) is 4.79 Å². The molecule has 3 rings (SSSR count). The van der Waals surface area contributed by atoms with Gasteiger partial charge < -0.3 is 15.4 Å². The van der Waals surface area contributed by atoms with Crippen LogP contribution in [-0.4, -0.2) is 43.3 Å². The van der Waals surface area contributed by atoms with E-state index in [9.17, 15) is 4.79 Å². The molecule has 2 aromatic rings. The third-order valence-corrected chi connectivity index (χ3v) is 5.33. The first-order valence-corrected chi connectivity index (χ1v) is 9.18. The molecule has 1 saturated heterocycles. The van der Waals surface area contributed by atoms with Gasteiger partial charge in [0.1, 0.15) is 5.75 Å². The molecule has 4 nitrogen and oxygen atoms in total. The molecule has 1 heterocycles. The summed E-state index contributed by atoms with van der Waals surface area (Å²) in [6.45, 7) is 1.23. The number of hydrogen-bond donors (Lipinski definition) is 1. The Bertz CT molecular complexity index is 718. The molecule has 2 aromatic carbocycles. The Labute approximate surface area is 147 Å². The number of hydrogen-bond acceptors (Lipinski definition) is 4. The SMILES string of the molecule is COc1ccc(C2CN(C(=O)c3ccccc3SC)CC2N)cc1. The molecule has 0 saturated carbocycles. The first-order chi connectivity index (χ1) is 11.6. The van der Waals surface area contributed by atoms with Crippen LogP contribution in [0.25, 0.3) is 0 Å². The average molecular weight is 342 g/mol. The van der Waals surface area contributed by atoms with Crippen LogP contribution in [0, 0.1) is 0 Å². The van der Waals surface area contributed by atoms with Crippen LogP contribution in [0.4, 0.5) is 0 Å². The van der Waals surface area contributed by atoms with Crippen molar-refractivity contribution in [3.8, 4) is 5.75 Å². The molecule has 0 radical (unpaired) electrons. The first-order valence-electron chi connectivity index (χ1n) is 7.96. The summed E-state index contributed by atoms with van der Waals surface area (Å²) in [5.74, 6) is 1.04. The van der Waals surface area contributed by atoms with E-state index < -0.39 is 0 Å². The number of likely N-dealkylation sites (tertiary alicyclic amines) is 1. The Hall–Kier alpha value is -1.98. The fourth-order valence-corrected chi connectivity index (χ4v) is 3.78. The quantitative estimate of drug-likeness (QED) is 0.868. The van der Waals surface area contributed by atoms with Crippen LogP contribution in [-0.2, 0) is 0 Å². The van der Waals surface area contributed by atoms with Crippen molar-refractivity contribution >= 4 is 17.7 Å². The van der Waals surface area contributed by atoms with Gasteiger partial charge in [0.25, 0.3) is 5.91 Å². The number of carbonyl (C=O) groups excluding carboxylic acids is 1. The van der Waals surface area contributed by atoms with Crippen LogP contribution in [0.5, 0.6) is 5.75 Å². The number of rotatable bonds is 4. The molecule has 1 amide bonds. The smallest absolute Gasteiger partial charge is 0.255 e. The van der Waals surface area contributed by atoms with Gasteiger partial charge in [-0.1, -0.05) is 24.3 Å². The lowest BCUT2D eigenvalue weighted by Crippen LogP contribution is -2.32. The van der Waals surface area contributed by atoms with Crippen molar-refractivity contribution in [1.82, 2.24) is 4.90 Å². The summed E-state index contributed by atoms with van der Waals surface area (Å²) in [5, 5.41) is 0. The van der Waals surface area contributed by atoms with Crippen LogP contribution in [0.3, 0.4) is 0 Å². The van der Waals surface area contributed by atoms with Crippen molar-refractivity contribution in [3.63, 3.8) is 0 Å². The average Bonchev–Trinajstić information content (AvgIpc) is 3.03. The molecule has 5 heteroatoms. The van der Waals surface area contributed by atoms with Gasteiger partial charge in [-0.25, -0.2) is 0 Å². The lowest BCUT2D eigenvalue weighted by Gasteiger charge is -2.18. The van der Waals surface area contributed by atoms with Gasteiger partial charge in [0.05, 0.1) is 12.7 Å². The summed E-state index contributed by atoms with van der Waals surface area (Å²) in [6.07, 6.45) is 1.99. The molecule has 1 aliphatic heterocycles. The standard InChI is InChI=1S/C19H22N2O2S/c1-23-14-9-7-13(8-10-14)16-11-21(12-17(16)20)19(22)15-5-3-4-6-18(15)24-2/h3-10,16-17H,11-12,20H2,1-2H3. The third kappa shape index (κ3) is 3.28. The molecule has 2 atom stereocenters. The normalized spacial score (nSPS) is 20.2. The van der Waals surface area contributed by atoms with Gasteiger partial charge >= 0.3 is 0 Å². The second-order valence-corrected chi connectivity index (χ2v) is 6.80. The van der Waals surface area contributed by atoms with E-state index >= 15 is 0 Å². The highest BCUT2D eigenvalue weighted by Crippen LogP contribution is 2.30. The fraction of sp³-hybridized carbons (Fsp3) is 0.316. The second-order valence-electron chi connectivity index (χ2n) is 5.95. The number of methoxy groups -OCH3 is 1. The van der Waals surface area contributed by atoms with Gasteiger partial charge in [-0.2, -0.15) is 0 Å². The number of benzene rings is 2. The van der Waals surface area contributed by atoms with E-state index in [2.05, 4.69) is 0 Å². The molecular formula is C19H22N2O2S. The van der Waals surface area contributed by atoms with E-state index in [0.717, 1.165) is 21.8 Å². The summed E-state index contributed by atoms with van der Waals surface area (Å²) >= 11 is 1.59. The second kappa shape index (κ2) is 7.28. The number of nitrogens with zero attached hydrogens (tertiary/aromatic N) is 1. The van der Waals surface area contributed by atoms with Crippen molar-refractivity contribution in [3.05, 3.63) is 59.7 Å². The zero-order chi connectivity index (χ0) is 17.1. The molecule has 0 aliphatic carbocycles. The highest BCUT2D eigenvalue weighted by Gasteiger charge is 2.34. The highest BCUT2D eigenvalue weighted by atomic mass is 32.2.